The van der Waals surface area contributed by atoms with Crippen LogP contribution in [0.4, 0.5) is 0 Å². The van der Waals surface area contributed by atoms with Crippen LogP contribution < -0.4 is 11.2 Å². The first-order chi connectivity index (χ1) is 9.99. The molecule has 0 aliphatic carbocycles. The van der Waals surface area contributed by atoms with Gasteiger partial charge < -0.3 is 4.57 Å². The Morgan fingerprint density at radius 3 is 2.76 bits per heavy atom. The van der Waals surface area contributed by atoms with Gasteiger partial charge in [-0.1, -0.05) is 6.92 Å². The third kappa shape index (κ3) is 2.31. The summed E-state index contributed by atoms with van der Waals surface area (Å²) < 4.78 is 4.42. The van der Waals surface area contributed by atoms with Gasteiger partial charge in [-0.15, -0.1) is 0 Å². The molecule has 2 aromatic rings. The highest BCUT2D eigenvalue weighted by Crippen LogP contribution is 2.17. The number of hydrogen-bond acceptors (Lipinski definition) is 4. The molecule has 21 heavy (non-hydrogen) atoms. The number of imidazole rings is 1. The third-order valence-corrected chi connectivity index (χ3v) is 4.31. The van der Waals surface area contributed by atoms with Crippen LogP contribution in [-0.2, 0) is 20.8 Å². The minimum Gasteiger partial charge on any atom is -0.311 e. The quantitative estimate of drug-likeness (QED) is 0.788. The van der Waals surface area contributed by atoms with E-state index >= 15 is 0 Å². The Kier molecular flexibility index (Phi) is 3.44. The van der Waals surface area contributed by atoms with Crippen molar-refractivity contribution in [2.24, 2.45) is 20.0 Å². The van der Waals surface area contributed by atoms with Crippen LogP contribution in [0.25, 0.3) is 11.2 Å². The summed E-state index contributed by atoms with van der Waals surface area (Å²) in [5, 5.41) is 0. The topological polar surface area (TPSA) is 65.1 Å². The van der Waals surface area contributed by atoms with E-state index in [9.17, 15) is 9.59 Å². The monoisotopic (exact) mass is 291 g/mol. The van der Waals surface area contributed by atoms with Gasteiger partial charge in [0.25, 0.3) is 5.56 Å². The molecule has 0 aromatic carbocycles. The minimum atomic E-state index is -0.343. The second-order valence-corrected chi connectivity index (χ2v) is 6.06. The Bertz CT molecular complexity index is 785. The molecule has 0 spiro atoms. The fourth-order valence-electron chi connectivity index (χ4n) is 3.13. The molecule has 3 heterocycles. The Balaban J connectivity index is 2.04. The summed E-state index contributed by atoms with van der Waals surface area (Å²) in [4.78, 5) is 30.9. The third-order valence-electron chi connectivity index (χ3n) is 4.31. The van der Waals surface area contributed by atoms with E-state index in [1.807, 2.05) is 4.57 Å². The molecular formula is C14H21N5O2. The number of aryl methyl sites for hydroxylation is 1. The first-order valence-electron chi connectivity index (χ1n) is 7.32. The van der Waals surface area contributed by atoms with E-state index in [-0.39, 0.29) is 11.2 Å². The minimum absolute atomic E-state index is 0.282. The lowest BCUT2D eigenvalue weighted by atomic mass is 10.0. The lowest BCUT2D eigenvalue weighted by molar-refractivity contribution is 0.147. The van der Waals surface area contributed by atoms with E-state index in [0.29, 0.717) is 23.8 Å². The van der Waals surface area contributed by atoms with Crippen molar-refractivity contribution in [1.82, 2.24) is 23.6 Å². The van der Waals surface area contributed by atoms with Crippen LogP contribution in [0.5, 0.6) is 0 Å². The van der Waals surface area contributed by atoms with Gasteiger partial charge in [-0.05, 0) is 25.3 Å². The van der Waals surface area contributed by atoms with Gasteiger partial charge in [0.2, 0.25) is 0 Å². The smallest absolute Gasteiger partial charge is 0.311 e. The number of fused-ring (bicyclic) bond motifs is 1. The first kappa shape index (κ1) is 14.1. The second kappa shape index (κ2) is 5.14. The number of likely N-dealkylation sites (tertiary alicyclic amines) is 1. The highest BCUT2D eigenvalue weighted by Gasteiger charge is 2.19. The average molecular weight is 291 g/mol. The SMILES string of the molecule is CC1CCCN(Cn2cnc3c2c(=O)n(C)c(=O)n3C)C1. The molecule has 1 unspecified atom stereocenters. The predicted molar refractivity (Wildman–Crippen MR) is 80.2 cm³/mol. The molecule has 1 aliphatic rings. The van der Waals surface area contributed by atoms with Crippen molar-refractivity contribution >= 4 is 11.2 Å². The fraction of sp³-hybridized carbons (Fsp3) is 0.643. The molecule has 1 atom stereocenters. The van der Waals surface area contributed by atoms with Crippen LogP contribution in [0, 0.1) is 5.92 Å². The van der Waals surface area contributed by atoms with E-state index in [4.69, 9.17) is 0 Å². The van der Waals surface area contributed by atoms with E-state index in [1.54, 1.807) is 13.4 Å². The zero-order valence-electron chi connectivity index (χ0n) is 12.7. The molecule has 1 aliphatic heterocycles. The fourth-order valence-corrected chi connectivity index (χ4v) is 3.13. The van der Waals surface area contributed by atoms with Gasteiger partial charge in [-0.2, -0.15) is 0 Å². The summed E-state index contributed by atoms with van der Waals surface area (Å²) in [6.45, 7) is 4.97. The maximum atomic E-state index is 12.4. The number of piperidine rings is 1. The maximum absolute atomic E-state index is 12.4. The van der Waals surface area contributed by atoms with Crippen LogP contribution in [-0.4, -0.2) is 36.7 Å². The second-order valence-electron chi connectivity index (χ2n) is 6.06. The van der Waals surface area contributed by atoms with Gasteiger partial charge in [0.05, 0.1) is 13.0 Å². The summed E-state index contributed by atoms with van der Waals surface area (Å²) in [7, 11) is 3.15. The first-order valence-corrected chi connectivity index (χ1v) is 7.32. The van der Waals surface area contributed by atoms with Gasteiger partial charge in [-0.3, -0.25) is 18.8 Å². The standard InChI is InChI=1S/C14H21N5O2/c1-10-5-4-6-18(7-10)9-19-8-15-12-11(19)13(20)17(3)14(21)16(12)2/h8,10H,4-7,9H2,1-3H3. The normalized spacial score (nSPS) is 20.2. The Hall–Kier alpha value is -1.89. The molecule has 0 amide bonds. The van der Waals surface area contributed by atoms with Gasteiger partial charge in [-0.25, -0.2) is 9.78 Å². The molecule has 0 radical (unpaired) electrons. The molecular weight excluding hydrogens is 270 g/mol. The molecule has 0 bridgehead atoms. The van der Waals surface area contributed by atoms with Gasteiger partial charge in [0, 0.05) is 20.6 Å². The van der Waals surface area contributed by atoms with E-state index in [2.05, 4.69) is 16.8 Å². The Morgan fingerprint density at radius 1 is 1.29 bits per heavy atom. The molecule has 1 saturated heterocycles. The van der Waals surface area contributed by atoms with Crippen molar-refractivity contribution in [1.29, 1.82) is 0 Å². The molecule has 2 aromatic heterocycles. The van der Waals surface area contributed by atoms with E-state index in [1.165, 1.54) is 24.5 Å². The van der Waals surface area contributed by atoms with Crippen molar-refractivity contribution in [3.63, 3.8) is 0 Å². The van der Waals surface area contributed by atoms with Gasteiger partial charge >= 0.3 is 5.69 Å². The van der Waals surface area contributed by atoms with E-state index in [0.717, 1.165) is 17.7 Å². The van der Waals surface area contributed by atoms with Crippen molar-refractivity contribution in [3.05, 3.63) is 27.2 Å². The van der Waals surface area contributed by atoms with Crippen LogP contribution in [0.15, 0.2) is 15.9 Å². The number of nitrogens with zero attached hydrogens (tertiary/aromatic N) is 5. The van der Waals surface area contributed by atoms with Gasteiger partial charge in [0.1, 0.15) is 0 Å². The summed E-state index contributed by atoms with van der Waals surface area (Å²) >= 11 is 0. The molecule has 0 saturated carbocycles. The molecule has 7 heteroatoms. The molecule has 3 rings (SSSR count). The van der Waals surface area contributed by atoms with Crippen molar-refractivity contribution in [3.8, 4) is 0 Å². The molecule has 114 valence electrons. The van der Waals surface area contributed by atoms with Crippen LogP contribution in [0.3, 0.4) is 0 Å². The van der Waals surface area contributed by atoms with Crippen molar-refractivity contribution in [2.45, 2.75) is 26.4 Å². The predicted octanol–water partition coefficient (Wildman–Crippen LogP) is 0.123. The lowest BCUT2D eigenvalue weighted by Gasteiger charge is -2.30. The average Bonchev–Trinajstić information content (AvgIpc) is 2.87. The number of aromatic nitrogens is 4. The van der Waals surface area contributed by atoms with Gasteiger partial charge in [0.15, 0.2) is 11.2 Å². The van der Waals surface area contributed by atoms with Crippen molar-refractivity contribution < 1.29 is 0 Å². The number of hydrogen-bond donors (Lipinski definition) is 0. The zero-order valence-corrected chi connectivity index (χ0v) is 12.7. The summed E-state index contributed by atoms with van der Waals surface area (Å²) in [5.41, 5.74) is 0.325. The summed E-state index contributed by atoms with van der Waals surface area (Å²) in [6, 6.07) is 0. The van der Waals surface area contributed by atoms with Crippen LogP contribution >= 0.6 is 0 Å². The molecule has 1 fully saturated rings. The summed E-state index contributed by atoms with van der Waals surface area (Å²) in [5.74, 6) is 0.681. The highest BCUT2D eigenvalue weighted by atomic mass is 16.2. The highest BCUT2D eigenvalue weighted by molar-refractivity contribution is 5.69. The zero-order chi connectivity index (χ0) is 15.1. The van der Waals surface area contributed by atoms with Crippen LogP contribution in [0.2, 0.25) is 0 Å². The lowest BCUT2D eigenvalue weighted by Crippen LogP contribution is -2.39. The van der Waals surface area contributed by atoms with Crippen molar-refractivity contribution in [2.75, 3.05) is 13.1 Å². The number of rotatable bonds is 2. The Morgan fingerprint density at radius 2 is 2.05 bits per heavy atom. The van der Waals surface area contributed by atoms with E-state index < -0.39 is 0 Å². The molecule has 0 N–H and O–H groups in total. The maximum Gasteiger partial charge on any atom is 0.332 e. The summed E-state index contributed by atoms with van der Waals surface area (Å²) in [6.07, 6.45) is 4.10. The Labute approximate surface area is 122 Å². The van der Waals surface area contributed by atoms with Crippen LogP contribution in [0.1, 0.15) is 19.8 Å². The molecule has 7 nitrogen and oxygen atoms in total. The largest absolute Gasteiger partial charge is 0.332 e.